The third kappa shape index (κ3) is 4.23. The first kappa shape index (κ1) is 18.6. The molecule has 0 aliphatic rings. The van der Waals surface area contributed by atoms with Gasteiger partial charge in [-0.2, -0.15) is 0 Å². The fourth-order valence-electron chi connectivity index (χ4n) is 3.04. The van der Waals surface area contributed by atoms with Crippen molar-refractivity contribution in [3.05, 3.63) is 84.7 Å². The zero-order chi connectivity index (χ0) is 20.2. The van der Waals surface area contributed by atoms with Gasteiger partial charge in [0.15, 0.2) is 0 Å². The van der Waals surface area contributed by atoms with Crippen molar-refractivity contribution in [2.45, 2.75) is 12.5 Å². The maximum atomic E-state index is 10.9. The summed E-state index contributed by atoms with van der Waals surface area (Å²) in [5.41, 5.74) is 8.22. The van der Waals surface area contributed by atoms with Crippen molar-refractivity contribution in [1.29, 1.82) is 0 Å². The van der Waals surface area contributed by atoms with Crippen LogP contribution < -0.4 is 10.5 Å². The van der Waals surface area contributed by atoms with Crippen LogP contribution in [0.15, 0.2) is 79.1 Å². The van der Waals surface area contributed by atoms with Crippen LogP contribution in [-0.4, -0.2) is 27.1 Å². The fourth-order valence-corrected chi connectivity index (χ4v) is 3.04. The molecule has 0 aliphatic carbocycles. The van der Waals surface area contributed by atoms with Gasteiger partial charge < -0.3 is 15.6 Å². The number of fused-ring (bicyclic) bond motifs is 1. The van der Waals surface area contributed by atoms with Crippen LogP contribution in [0.2, 0.25) is 0 Å². The SMILES string of the molecule is NC(Cc1ccc(Oc2nc(-c3ccccc3)cc3ccncc23)cc1)C(=O)O. The quantitative estimate of drug-likeness (QED) is 0.520. The lowest BCUT2D eigenvalue weighted by molar-refractivity contribution is -0.138. The lowest BCUT2D eigenvalue weighted by Crippen LogP contribution is -2.32. The summed E-state index contributed by atoms with van der Waals surface area (Å²) >= 11 is 0. The predicted octanol–water partition coefficient (Wildman–Crippen LogP) is 4.04. The second-order valence-electron chi connectivity index (χ2n) is 6.67. The molecule has 0 bridgehead atoms. The molecule has 3 N–H and O–H groups in total. The number of aromatic nitrogens is 2. The highest BCUT2D eigenvalue weighted by Gasteiger charge is 2.13. The second kappa shape index (κ2) is 8.08. The molecule has 1 atom stereocenters. The van der Waals surface area contributed by atoms with Crippen LogP contribution in [0.1, 0.15) is 5.56 Å². The van der Waals surface area contributed by atoms with Crippen molar-refractivity contribution in [2.24, 2.45) is 5.73 Å². The van der Waals surface area contributed by atoms with Crippen molar-refractivity contribution in [2.75, 3.05) is 0 Å². The average Bonchev–Trinajstić information content (AvgIpc) is 2.75. The van der Waals surface area contributed by atoms with Crippen LogP contribution in [-0.2, 0) is 11.2 Å². The van der Waals surface area contributed by atoms with Crippen LogP contribution in [0.5, 0.6) is 11.6 Å². The summed E-state index contributed by atoms with van der Waals surface area (Å²) in [5, 5.41) is 10.7. The molecule has 0 radical (unpaired) electrons. The zero-order valence-electron chi connectivity index (χ0n) is 15.5. The van der Waals surface area contributed by atoms with Gasteiger partial charge in [-0.25, -0.2) is 4.98 Å². The van der Waals surface area contributed by atoms with Gasteiger partial charge >= 0.3 is 5.97 Å². The number of nitrogens with two attached hydrogens (primary N) is 1. The summed E-state index contributed by atoms with van der Waals surface area (Å²) in [7, 11) is 0. The molecule has 0 saturated carbocycles. The lowest BCUT2D eigenvalue weighted by Gasteiger charge is -2.11. The predicted molar refractivity (Wildman–Crippen MR) is 111 cm³/mol. The van der Waals surface area contributed by atoms with Crippen LogP contribution in [0.4, 0.5) is 0 Å². The van der Waals surface area contributed by atoms with Gasteiger partial charge in [-0.05, 0) is 41.6 Å². The number of carboxylic acids is 1. The molecular formula is C23H19N3O3. The number of hydrogen-bond donors (Lipinski definition) is 2. The minimum atomic E-state index is -1.02. The first-order chi connectivity index (χ1) is 14.1. The van der Waals surface area contributed by atoms with E-state index in [2.05, 4.69) is 4.98 Å². The van der Waals surface area contributed by atoms with Crippen molar-refractivity contribution in [3.63, 3.8) is 0 Å². The van der Waals surface area contributed by atoms with Crippen LogP contribution >= 0.6 is 0 Å². The van der Waals surface area contributed by atoms with Crippen molar-refractivity contribution < 1.29 is 14.6 Å². The summed E-state index contributed by atoms with van der Waals surface area (Å²) in [6.07, 6.45) is 3.72. The van der Waals surface area contributed by atoms with E-state index in [0.717, 1.165) is 27.6 Å². The van der Waals surface area contributed by atoms with Crippen molar-refractivity contribution in [1.82, 2.24) is 9.97 Å². The number of rotatable bonds is 6. The third-order valence-electron chi connectivity index (χ3n) is 4.58. The molecule has 0 saturated heterocycles. The molecule has 2 aromatic heterocycles. The van der Waals surface area contributed by atoms with Gasteiger partial charge in [0.1, 0.15) is 11.8 Å². The molecular weight excluding hydrogens is 366 g/mol. The Kier molecular flexibility index (Phi) is 5.18. The normalized spacial score (nSPS) is 11.9. The molecule has 1 unspecified atom stereocenters. The van der Waals surface area contributed by atoms with E-state index < -0.39 is 12.0 Å². The standard InChI is InChI=1S/C23H19N3O3/c24-20(23(27)28)12-15-6-8-18(9-7-15)29-22-19-14-25-11-10-17(19)13-21(26-22)16-4-2-1-3-5-16/h1-11,13-14,20H,12,24H2,(H,27,28). The fraction of sp³-hybridized carbons (Fsp3) is 0.0870. The number of nitrogens with zero attached hydrogens (tertiary/aromatic N) is 2. The average molecular weight is 385 g/mol. The minimum absolute atomic E-state index is 0.254. The summed E-state index contributed by atoms with van der Waals surface area (Å²) in [4.78, 5) is 19.8. The molecule has 6 heteroatoms. The summed E-state index contributed by atoms with van der Waals surface area (Å²) in [6.45, 7) is 0. The number of benzene rings is 2. The van der Waals surface area contributed by atoms with E-state index in [9.17, 15) is 4.79 Å². The largest absolute Gasteiger partial charge is 0.480 e. The molecule has 29 heavy (non-hydrogen) atoms. The maximum absolute atomic E-state index is 10.9. The van der Waals surface area contributed by atoms with Crippen molar-refractivity contribution >= 4 is 16.7 Å². The van der Waals surface area contributed by atoms with E-state index in [1.807, 2.05) is 42.5 Å². The third-order valence-corrected chi connectivity index (χ3v) is 4.58. The highest BCUT2D eigenvalue weighted by molar-refractivity contribution is 5.89. The Labute approximate surface area is 167 Å². The number of hydrogen-bond acceptors (Lipinski definition) is 5. The van der Waals surface area contributed by atoms with Crippen molar-refractivity contribution in [3.8, 4) is 22.9 Å². The van der Waals surface area contributed by atoms with Gasteiger partial charge in [-0.15, -0.1) is 0 Å². The Bertz CT molecular complexity index is 1150. The lowest BCUT2D eigenvalue weighted by atomic mass is 10.1. The number of pyridine rings is 2. The molecule has 4 rings (SSSR count). The maximum Gasteiger partial charge on any atom is 0.320 e. The first-order valence-corrected chi connectivity index (χ1v) is 9.15. The van der Waals surface area contributed by atoms with Gasteiger partial charge in [0.2, 0.25) is 5.88 Å². The Morgan fingerprint density at radius 2 is 1.83 bits per heavy atom. The smallest absolute Gasteiger partial charge is 0.320 e. The van der Waals surface area contributed by atoms with E-state index in [1.165, 1.54) is 0 Å². The van der Waals surface area contributed by atoms with Gasteiger partial charge in [0.05, 0.1) is 11.1 Å². The monoisotopic (exact) mass is 385 g/mol. The minimum Gasteiger partial charge on any atom is -0.480 e. The summed E-state index contributed by atoms with van der Waals surface area (Å²) < 4.78 is 6.06. The topological polar surface area (TPSA) is 98.3 Å². The highest BCUT2D eigenvalue weighted by Crippen LogP contribution is 2.31. The Balaban J connectivity index is 1.66. The molecule has 0 amide bonds. The van der Waals surface area contributed by atoms with Gasteiger partial charge in [-0.1, -0.05) is 42.5 Å². The Morgan fingerprint density at radius 3 is 2.55 bits per heavy atom. The van der Waals surface area contributed by atoms with Crippen LogP contribution in [0, 0.1) is 0 Å². The van der Waals surface area contributed by atoms with Gasteiger partial charge in [0.25, 0.3) is 0 Å². The Morgan fingerprint density at radius 1 is 1.07 bits per heavy atom. The number of ether oxygens (including phenoxy) is 1. The second-order valence-corrected chi connectivity index (χ2v) is 6.67. The molecule has 2 heterocycles. The first-order valence-electron chi connectivity index (χ1n) is 9.15. The van der Waals surface area contributed by atoms with E-state index in [4.69, 9.17) is 20.6 Å². The van der Waals surface area contributed by atoms with Crippen LogP contribution in [0.3, 0.4) is 0 Å². The zero-order valence-corrected chi connectivity index (χ0v) is 15.5. The van der Waals surface area contributed by atoms with Gasteiger partial charge in [-0.3, -0.25) is 9.78 Å². The van der Waals surface area contributed by atoms with E-state index in [-0.39, 0.29) is 6.42 Å². The molecule has 2 aromatic carbocycles. The van der Waals surface area contributed by atoms with Gasteiger partial charge in [0, 0.05) is 18.0 Å². The molecule has 0 spiro atoms. The molecule has 0 aliphatic heterocycles. The van der Waals surface area contributed by atoms with Crippen LogP contribution in [0.25, 0.3) is 22.0 Å². The Hall–Kier alpha value is -3.77. The summed E-state index contributed by atoms with van der Waals surface area (Å²) in [5.74, 6) is 0.0381. The molecule has 4 aromatic rings. The van der Waals surface area contributed by atoms with E-state index >= 15 is 0 Å². The number of aliphatic carboxylic acids is 1. The summed E-state index contributed by atoms with van der Waals surface area (Å²) in [6, 6.07) is 20.1. The molecule has 0 fully saturated rings. The van der Waals surface area contributed by atoms with E-state index in [1.54, 1.807) is 36.7 Å². The number of carbonyl (C=O) groups is 1. The number of carboxylic acid groups (broad SMARTS) is 1. The molecule has 6 nitrogen and oxygen atoms in total. The van der Waals surface area contributed by atoms with E-state index in [0.29, 0.717) is 11.6 Å². The highest BCUT2D eigenvalue weighted by atomic mass is 16.5. The molecule has 144 valence electrons.